The third kappa shape index (κ3) is 9.56. The number of pyridine rings is 1. The van der Waals surface area contributed by atoms with Gasteiger partial charge in [-0.2, -0.15) is 11.8 Å². The number of ether oxygens (including phenoxy) is 1. The Labute approximate surface area is 227 Å². The first kappa shape index (κ1) is 29.3. The summed E-state index contributed by atoms with van der Waals surface area (Å²) in [4.78, 5) is 11.2. The zero-order chi connectivity index (χ0) is 25.6. The molecule has 1 aliphatic heterocycles. The lowest BCUT2D eigenvalue weighted by atomic mass is 10.0. The Morgan fingerprint density at radius 1 is 1.03 bits per heavy atom. The number of thioether (sulfide) groups is 1. The van der Waals surface area contributed by atoms with Crippen LogP contribution in [0.1, 0.15) is 63.5 Å². The second kappa shape index (κ2) is 16.6. The molecule has 4 rings (SSSR count). The summed E-state index contributed by atoms with van der Waals surface area (Å²) in [6.07, 6.45) is 15.3. The molecule has 2 aliphatic rings. The number of benzene rings is 1. The van der Waals surface area contributed by atoms with Crippen LogP contribution in [-0.2, 0) is 0 Å². The van der Waals surface area contributed by atoms with Crippen LogP contribution in [0.3, 0.4) is 0 Å². The van der Waals surface area contributed by atoms with Gasteiger partial charge in [-0.15, -0.1) is 0 Å². The molecule has 2 heterocycles. The van der Waals surface area contributed by atoms with Crippen LogP contribution in [0.5, 0.6) is 5.75 Å². The summed E-state index contributed by atoms with van der Waals surface area (Å²) in [5.74, 6) is 0.835. The first-order valence-electron chi connectivity index (χ1n) is 13.5. The SMILES string of the molecule is CSC.C[C@@H](c1ccc(Sc2cccc(OCCCO)c2)nc1)N1CCN(C2CCCCCC2)CC1. The molecule has 1 N–H and O–H groups in total. The van der Waals surface area contributed by atoms with E-state index in [1.54, 1.807) is 23.5 Å². The van der Waals surface area contributed by atoms with Crippen molar-refractivity contribution >= 4 is 23.5 Å². The van der Waals surface area contributed by atoms with Crippen LogP contribution < -0.4 is 4.74 Å². The normalized spacial score (nSPS) is 18.7. The Morgan fingerprint density at radius 2 is 1.75 bits per heavy atom. The highest BCUT2D eigenvalue weighted by Gasteiger charge is 2.27. The van der Waals surface area contributed by atoms with E-state index in [-0.39, 0.29) is 6.61 Å². The number of piperazine rings is 1. The highest BCUT2D eigenvalue weighted by Crippen LogP contribution is 2.31. The van der Waals surface area contributed by atoms with Gasteiger partial charge in [0.1, 0.15) is 10.8 Å². The molecule has 1 aromatic carbocycles. The number of hydrogen-bond acceptors (Lipinski definition) is 7. The third-order valence-electron chi connectivity index (χ3n) is 7.08. The molecular weight excluding hydrogens is 486 g/mol. The van der Waals surface area contributed by atoms with Gasteiger partial charge in [0, 0.05) is 62.4 Å². The molecule has 5 nitrogen and oxygen atoms in total. The van der Waals surface area contributed by atoms with Crippen LogP contribution >= 0.6 is 23.5 Å². The van der Waals surface area contributed by atoms with Crippen molar-refractivity contribution in [3.63, 3.8) is 0 Å². The van der Waals surface area contributed by atoms with E-state index in [0.29, 0.717) is 19.1 Å². The van der Waals surface area contributed by atoms with E-state index in [1.807, 2.05) is 36.9 Å². The second-order valence-corrected chi connectivity index (χ2v) is 11.6. The predicted octanol–water partition coefficient (Wildman–Crippen LogP) is 6.37. The molecule has 1 aliphatic carbocycles. The van der Waals surface area contributed by atoms with Gasteiger partial charge in [-0.3, -0.25) is 9.80 Å². The number of aliphatic hydroxyl groups excluding tert-OH is 1. The van der Waals surface area contributed by atoms with Gasteiger partial charge >= 0.3 is 0 Å². The fourth-order valence-corrected chi connectivity index (χ4v) is 5.83. The van der Waals surface area contributed by atoms with Gasteiger partial charge in [-0.25, -0.2) is 4.98 Å². The van der Waals surface area contributed by atoms with E-state index in [2.05, 4.69) is 34.9 Å². The Balaban J connectivity index is 0.00000115. The van der Waals surface area contributed by atoms with Crippen molar-refractivity contribution in [3.05, 3.63) is 48.2 Å². The minimum Gasteiger partial charge on any atom is -0.493 e. The van der Waals surface area contributed by atoms with Crippen molar-refractivity contribution < 1.29 is 9.84 Å². The molecular formula is C29H45N3O2S2. The van der Waals surface area contributed by atoms with Crippen LogP contribution in [0.2, 0.25) is 0 Å². The third-order valence-corrected chi connectivity index (χ3v) is 8.02. The minimum atomic E-state index is 0.152. The molecule has 36 heavy (non-hydrogen) atoms. The van der Waals surface area contributed by atoms with Crippen LogP contribution in [0, 0.1) is 0 Å². The van der Waals surface area contributed by atoms with E-state index >= 15 is 0 Å². The van der Waals surface area contributed by atoms with E-state index < -0.39 is 0 Å². The quantitative estimate of drug-likeness (QED) is 0.298. The predicted molar refractivity (Wildman–Crippen MR) is 154 cm³/mol. The van der Waals surface area contributed by atoms with Crippen molar-refractivity contribution in [1.29, 1.82) is 0 Å². The molecule has 1 saturated carbocycles. The molecule has 0 spiro atoms. The van der Waals surface area contributed by atoms with Crippen molar-refractivity contribution in [2.45, 2.75) is 73.9 Å². The number of nitrogens with zero attached hydrogens (tertiary/aromatic N) is 3. The largest absolute Gasteiger partial charge is 0.493 e. The number of aromatic nitrogens is 1. The lowest BCUT2D eigenvalue weighted by Crippen LogP contribution is -2.50. The zero-order valence-corrected chi connectivity index (χ0v) is 24.0. The maximum absolute atomic E-state index is 8.92. The Bertz CT molecular complexity index is 852. The summed E-state index contributed by atoms with van der Waals surface area (Å²) >= 11 is 3.40. The van der Waals surface area contributed by atoms with Gasteiger partial charge in [0.2, 0.25) is 0 Å². The highest BCUT2D eigenvalue weighted by molar-refractivity contribution is 7.99. The number of aliphatic hydroxyl groups is 1. The van der Waals surface area contributed by atoms with Gasteiger partial charge < -0.3 is 9.84 Å². The molecule has 2 aromatic rings. The average molecular weight is 532 g/mol. The van der Waals surface area contributed by atoms with Gasteiger partial charge in [0.05, 0.1) is 6.61 Å². The molecule has 0 amide bonds. The van der Waals surface area contributed by atoms with E-state index in [9.17, 15) is 0 Å². The van der Waals surface area contributed by atoms with Crippen molar-refractivity contribution in [2.75, 3.05) is 51.9 Å². The van der Waals surface area contributed by atoms with Crippen molar-refractivity contribution in [1.82, 2.24) is 14.8 Å². The first-order chi connectivity index (χ1) is 17.6. The Kier molecular flexibility index (Phi) is 13.5. The molecule has 1 atom stereocenters. The molecule has 200 valence electrons. The molecule has 0 radical (unpaired) electrons. The Hall–Kier alpha value is -1.25. The summed E-state index contributed by atoms with van der Waals surface area (Å²) in [6.45, 7) is 7.71. The van der Waals surface area contributed by atoms with E-state index in [1.165, 1.54) is 57.2 Å². The Morgan fingerprint density at radius 3 is 2.39 bits per heavy atom. The van der Waals surface area contributed by atoms with Gasteiger partial charge in [0.15, 0.2) is 0 Å². The molecule has 1 saturated heterocycles. The topological polar surface area (TPSA) is 48.8 Å². The van der Waals surface area contributed by atoms with E-state index in [0.717, 1.165) is 34.8 Å². The smallest absolute Gasteiger partial charge is 0.120 e. The van der Waals surface area contributed by atoms with Gasteiger partial charge in [0.25, 0.3) is 0 Å². The monoisotopic (exact) mass is 531 g/mol. The first-order valence-corrected chi connectivity index (χ1v) is 15.9. The van der Waals surface area contributed by atoms with Crippen LogP contribution in [-0.4, -0.2) is 77.8 Å². The lowest BCUT2D eigenvalue weighted by molar-refractivity contribution is 0.0680. The molecule has 0 bridgehead atoms. The number of hydrogen-bond donors (Lipinski definition) is 1. The van der Waals surface area contributed by atoms with Crippen LogP contribution in [0.25, 0.3) is 0 Å². The van der Waals surface area contributed by atoms with Crippen molar-refractivity contribution in [2.24, 2.45) is 0 Å². The summed E-state index contributed by atoms with van der Waals surface area (Å²) in [6, 6.07) is 13.7. The van der Waals surface area contributed by atoms with E-state index in [4.69, 9.17) is 14.8 Å². The zero-order valence-electron chi connectivity index (χ0n) is 22.4. The van der Waals surface area contributed by atoms with Gasteiger partial charge in [-0.05, 0) is 62.1 Å². The van der Waals surface area contributed by atoms with Crippen LogP contribution in [0.4, 0.5) is 0 Å². The standard InChI is InChI=1S/C27H39N3O2S.C2H6S/c1-22(29-14-16-30(17-15-29)24-8-4-2-3-5-9-24)23-12-13-27(28-21-23)33-26-11-6-10-25(20-26)32-19-7-18-31;1-3-2/h6,10-13,20-22,24,31H,2-5,7-9,14-19H2,1H3;1-2H3/t22-;/m0./s1. The summed E-state index contributed by atoms with van der Waals surface area (Å²) in [5.41, 5.74) is 1.29. The summed E-state index contributed by atoms with van der Waals surface area (Å²) in [7, 11) is 0. The minimum absolute atomic E-state index is 0.152. The average Bonchev–Trinajstić information content (AvgIpc) is 3.20. The lowest BCUT2D eigenvalue weighted by Gasteiger charge is -2.41. The molecule has 0 unspecified atom stereocenters. The molecule has 1 aromatic heterocycles. The summed E-state index contributed by atoms with van der Waals surface area (Å²) < 4.78 is 5.69. The maximum atomic E-state index is 8.92. The number of rotatable bonds is 9. The second-order valence-electron chi connectivity index (χ2n) is 9.73. The molecule has 2 fully saturated rings. The fourth-order valence-electron chi connectivity index (χ4n) is 5.03. The maximum Gasteiger partial charge on any atom is 0.120 e. The highest BCUT2D eigenvalue weighted by atomic mass is 32.2. The van der Waals surface area contributed by atoms with Crippen LogP contribution in [0.15, 0.2) is 52.5 Å². The molecule has 7 heteroatoms. The fraction of sp³-hybridized carbons (Fsp3) is 0.621. The van der Waals surface area contributed by atoms with Gasteiger partial charge in [-0.1, -0.05) is 49.6 Å². The summed E-state index contributed by atoms with van der Waals surface area (Å²) in [5, 5.41) is 9.91. The van der Waals surface area contributed by atoms with Crippen molar-refractivity contribution in [3.8, 4) is 5.75 Å².